The molecule has 0 atom stereocenters. The second-order valence-electron chi connectivity index (χ2n) is 5.77. The normalized spacial score (nSPS) is 16.8. The van der Waals surface area contributed by atoms with Crippen LogP contribution in [-0.2, 0) is 26.0 Å². The van der Waals surface area contributed by atoms with Crippen molar-refractivity contribution in [2.24, 2.45) is 5.92 Å². The Hall–Kier alpha value is -1.60. The molecule has 24 heavy (non-hydrogen) atoms. The van der Waals surface area contributed by atoms with Crippen LogP contribution in [0.25, 0.3) is 0 Å². The number of carbonyl (C=O) groups excluding carboxylic acids is 1. The highest BCUT2D eigenvalue weighted by Crippen LogP contribution is 2.31. The van der Waals surface area contributed by atoms with E-state index >= 15 is 0 Å². The lowest BCUT2D eigenvalue weighted by atomic mass is 9.98. The first-order chi connectivity index (χ1) is 11.4. The summed E-state index contributed by atoms with van der Waals surface area (Å²) < 4.78 is 37.6. The van der Waals surface area contributed by atoms with Crippen molar-refractivity contribution in [2.75, 3.05) is 26.8 Å². The minimum absolute atomic E-state index is 0.193. The number of rotatable bonds is 6. The van der Waals surface area contributed by atoms with Crippen LogP contribution < -0.4 is 4.74 Å². The predicted molar refractivity (Wildman–Crippen MR) is 90.5 cm³/mol. The van der Waals surface area contributed by atoms with Crippen LogP contribution in [-0.4, -0.2) is 45.5 Å². The molecule has 134 valence electrons. The molecule has 7 heteroatoms. The molecule has 1 aromatic carbocycles. The molecule has 0 unspecified atom stereocenters. The van der Waals surface area contributed by atoms with Crippen molar-refractivity contribution in [3.8, 4) is 5.75 Å². The Kier molecular flexibility index (Phi) is 6.23. The standard InChI is InChI=1S/C17H25NO5S/c1-4-13-6-7-15(22-3)16(12-13)24(20,21)18-10-8-14(9-11-18)17(19)23-5-2/h6-7,12,14H,4-5,8-11H2,1-3H3. The van der Waals surface area contributed by atoms with Gasteiger partial charge in [-0.3, -0.25) is 4.79 Å². The number of sulfonamides is 1. The molecule has 0 N–H and O–H groups in total. The first-order valence-electron chi connectivity index (χ1n) is 8.27. The molecule has 1 heterocycles. The highest BCUT2D eigenvalue weighted by Gasteiger charge is 2.34. The number of piperidine rings is 1. The zero-order chi connectivity index (χ0) is 17.7. The minimum Gasteiger partial charge on any atom is -0.495 e. The van der Waals surface area contributed by atoms with Crippen molar-refractivity contribution in [1.29, 1.82) is 0 Å². The Bertz CT molecular complexity index is 678. The quantitative estimate of drug-likeness (QED) is 0.732. The molecule has 6 nitrogen and oxygen atoms in total. The number of hydrogen-bond donors (Lipinski definition) is 0. The van der Waals surface area contributed by atoms with E-state index < -0.39 is 10.0 Å². The van der Waals surface area contributed by atoms with Crippen molar-refractivity contribution in [2.45, 2.75) is 38.0 Å². The zero-order valence-electron chi connectivity index (χ0n) is 14.4. The fourth-order valence-electron chi connectivity index (χ4n) is 2.87. The summed E-state index contributed by atoms with van der Waals surface area (Å²) in [5, 5.41) is 0. The van der Waals surface area contributed by atoms with E-state index in [1.54, 1.807) is 19.1 Å². The zero-order valence-corrected chi connectivity index (χ0v) is 15.3. The van der Waals surface area contributed by atoms with Gasteiger partial charge in [0.15, 0.2) is 0 Å². The molecule has 0 bridgehead atoms. The Morgan fingerprint density at radius 3 is 2.46 bits per heavy atom. The summed E-state index contributed by atoms with van der Waals surface area (Å²) in [6, 6.07) is 5.23. The molecule has 1 aliphatic heterocycles. The van der Waals surface area contributed by atoms with Gasteiger partial charge in [-0.1, -0.05) is 13.0 Å². The Morgan fingerprint density at radius 2 is 1.92 bits per heavy atom. The summed E-state index contributed by atoms with van der Waals surface area (Å²) in [5.41, 5.74) is 0.941. The van der Waals surface area contributed by atoms with Gasteiger partial charge < -0.3 is 9.47 Å². The molecule has 0 amide bonds. The maximum absolute atomic E-state index is 13.0. The minimum atomic E-state index is -3.64. The van der Waals surface area contributed by atoms with Gasteiger partial charge in [0.2, 0.25) is 10.0 Å². The maximum Gasteiger partial charge on any atom is 0.309 e. The highest BCUT2D eigenvalue weighted by atomic mass is 32.2. The van der Waals surface area contributed by atoms with E-state index in [2.05, 4.69) is 0 Å². The van der Waals surface area contributed by atoms with E-state index in [1.807, 2.05) is 13.0 Å². The number of carbonyl (C=O) groups is 1. The van der Waals surface area contributed by atoms with Crippen LogP contribution in [0, 0.1) is 5.92 Å². The Labute approximate surface area is 143 Å². The van der Waals surface area contributed by atoms with Gasteiger partial charge in [0.05, 0.1) is 19.6 Å². The topological polar surface area (TPSA) is 72.9 Å². The first-order valence-corrected chi connectivity index (χ1v) is 9.71. The van der Waals surface area contributed by atoms with Crippen LogP contribution >= 0.6 is 0 Å². The van der Waals surface area contributed by atoms with Gasteiger partial charge in [0, 0.05) is 13.1 Å². The van der Waals surface area contributed by atoms with Crippen molar-refractivity contribution in [3.63, 3.8) is 0 Å². The molecule has 0 aliphatic carbocycles. The van der Waals surface area contributed by atoms with Gasteiger partial charge in [0.1, 0.15) is 10.6 Å². The summed E-state index contributed by atoms with van der Waals surface area (Å²) >= 11 is 0. The SMILES string of the molecule is CCOC(=O)C1CCN(S(=O)(=O)c2cc(CC)ccc2OC)CC1. The largest absolute Gasteiger partial charge is 0.495 e. The van der Waals surface area contributed by atoms with E-state index in [0.717, 1.165) is 12.0 Å². The lowest BCUT2D eigenvalue weighted by Gasteiger charge is -2.30. The number of hydrogen-bond acceptors (Lipinski definition) is 5. The van der Waals surface area contributed by atoms with Crippen molar-refractivity contribution in [3.05, 3.63) is 23.8 Å². The summed E-state index contributed by atoms with van der Waals surface area (Å²) in [4.78, 5) is 12.0. The number of ether oxygens (including phenoxy) is 2. The number of benzene rings is 1. The molecule has 1 saturated heterocycles. The average Bonchev–Trinajstić information content (AvgIpc) is 2.61. The van der Waals surface area contributed by atoms with Crippen molar-refractivity contribution < 1.29 is 22.7 Å². The van der Waals surface area contributed by atoms with E-state index in [-0.39, 0.29) is 16.8 Å². The lowest BCUT2D eigenvalue weighted by Crippen LogP contribution is -2.40. The predicted octanol–water partition coefficient (Wildman–Crippen LogP) is 2.22. The Balaban J connectivity index is 2.19. The van der Waals surface area contributed by atoms with Crippen molar-refractivity contribution in [1.82, 2.24) is 4.31 Å². The van der Waals surface area contributed by atoms with Gasteiger partial charge in [-0.05, 0) is 43.9 Å². The van der Waals surface area contributed by atoms with Gasteiger partial charge in [-0.2, -0.15) is 4.31 Å². The third-order valence-corrected chi connectivity index (χ3v) is 6.25. The molecule has 2 rings (SSSR count). The van der Waals surface area contributed by atoms with E-state index in [9.17, 15) is 13.2 Å². The Morgan fingerprint density at radius 1 is 1.25 bits per heavy atom. The average molecular weight is 355 g/mol. The van der Waals surface area contributed by atoms with Gasteiger partial charge in [-0.15, -0.1) is 0 Å². The highest BCUT2D eigenvalue weighted by molar-refractivity contribution is 7.89. The fraction of sp³-hybridized carbons (Fsp3) is 0.588. The van der Waals surface area contributed by atoms with Gasteiger partial charge >= 0.3 is 5.97 Å². The summed E-state index contributed by atoms with van der Waals surface area (Å²) in [6.45, 7) is 4.71. The monoisotopic (exact) mass is 355 g/mol. The van der Waals surface area contributed by atoms with E-state index in [1.165, 1.54) is 11.4 Å². The molecule has 0 aromatic heterocycles. The second-order valence-corrected chi connectivity index (χ2v) is 7.68. The summed E-state index contributed by atoms with van der Waals surface area (Å²) in [5.74, 6) is -0.111. The third kappa shape index (κ3) is 3.89. The van der Waals surface area contributed by atoms with Crippen LogP contribution in [0.5, 0.6) is 5.75 Å². The van der Waals surface area contributed by atoms with Crippen molar-refractivity contribution >= 4 is 16.0 Å². The third-order valence-electron chi connectivity index (χ3n) is 4.33. The molecule has 1 aliphatic rings. The molecular formula is C17H25NO5S. The number of aryl methyl sites for hydroxylation is 1. The summed E-state index contributed by atoms with van der Waals surface area (Å²) in [7, 11) is -2.18. The molecule has 0 spiro atoms. The number of esters is 1. The van der Waals surface area contributed by atoms with Crippen LogP contribution in [0.15, 0.2) is 23.1 Å². The van der Waals surface area contributed by atoms with Crippen LogP contribution in [0.3, 0.4) is 0 Å². The number of methoxy groups -OCH3 is 1. The molecular weight excluding hydrogens is 330 g/mol. The summed E-state index contributed by atoms with van der Waals surface area (Å²) in [6.07, 6.45) is 1.71. The van der Waals surface area contributed by atoms with Crippen LogP contribution in [0.2, 0.25) is 0 Å². The van der Waals surface area contributed by atoms with Gasteiger partial charge in [0.25, 0.3) is 0 Å². The van der Waals surface area contributed by atoms with E-state index in [0.29, 0.717) is 38.3 Å². The molecule has 1 fully saturated rings. The maximum atomic E-state index is 13.0. The first kappa shape index (κ1) is 18.7. The van der Waals surface area contributed by atoms with E-state index in [4.69, 9.17) is 9.47 Å². The van der Waals surface area contributed by atoms with Crippen LogP contribution in [0.4, 0.5) is 0 Å². The fourth-order valence-corrected chi connectivity index (χ4v) is 4.55. The molecule has 0 saturated carbocycles. The smallest absolute Gasteiger partial charge is 0.309 e. The van der Waals surface area contributed by atoms with Crippen LogP contribution in [0.1, 0.15) is 32.3 Å². The lowest BCUT2D eigenvalue weighted by molar-refractivity contribution is -0.149. The number of nitrogens with zero attached hydrogens (tertiary/aromatic N) is 1. The molecule has 0 radical (unpaired) electrons. The second kappa shape index (κ2) is 7.98. The van der Waals surface area contributed by atoms with Gasteiger partial charge in [-0.25, -0.2) is 8.42 Å². The molecule has 1 aromatic rings.